The molecule has 3 aromatic carbocycles. The van der Waals surface area contributed by atoms with E-state index in [0.29, 0.717) is 28.5 Å². The normalized spacial score (nSPS) is 10.9. The molecule has 1 heterocycles. The minimum atomic E-state index is -0.593. The number of anilines is 1. The lowest BCUT2D eigenvalue weighted by Gasteiger charge is -2.11. The van der Waals surface area contributed by atoms with Crippen LogP contribution in [0.15, 0.2) is 59.0 Å². The van der Waals surface area contributed by atoms with Gasteiger partial charge in [-0.25, -0.2) is 9.37 Å². The van der Waals surface area contributed by atoms with Crippen molar-refractivity contribution in [1.82, 2.24) is 4.98 Å². The molecule has 0 radical (unpaired) electrons. The first-order valence-corrected chi connectivity index (χ1v) is 9.08. The van der Waals surface area contributed by atoms with Gasteiger partial charge in [0.05, 0.1) is 18.4 Å². The zero-order valence-corrected chi connectivity index (χ0v) is 16.2. The number of hydrogen-bond donors (Lipinski definition) is 1. The van der Waals surface area contributed by atoms with Gasteiger partial charge in [-0.3, -0.25) is 4.79 Å². The smallest absolute Gasteiger partial charge is 0.258 e. The Labute approximate surface area is 167 Å². The van der Waals surface area contributed by atoms with E-state index in [9.17, 15) is 9.18 Å². The summed E-state index contributed by atoms with van der Waals surface area (Å²) < 4.78 is 25.2. The van der Waals surface area contributed by atoms with E-state index in [0.717, 1.165) is 16.6 Å². The average molecular weight is 390 g/mol. The first kappa shape index (κ1) is 18.7. The molecule has 0 aliphatic rings. The van der Waals surface area contributed by atoms with Crippen molar-refractivity contribution < 1.29 is 18.3 Å². The summed E-state index contributed by atoms with van der Waals surface area (Å²) in [6.45, 7) is 4.04. The molecule has 1 N–H and O–H groups in total. The molecule has 0 fully saturated rings. The van der Waals surface area contributed by atoms with Gasteiger partial charge in [-0.2, -0.15) is 0 Å². The highest BCUT2D eigenvalue weighted by Gasteiger charge is 2.16. The predicted octanol–water partition coefficient (Wildman–Crippen LogP) is 5.51. The molecule has 0 unspecified atom stereocenters. The second-order valence-corrected chi connectivity index (χ2v) is 6.77. The molecule has 4 rings (SSSR count). The highest BCUT2D eigenvalue weighted by Crippen LogP contribution is 2.33. The Morgan fingerprint density at radius 1 is 1.07 bits per heavy atom. The number of fused-ring (bicyclic) bond motifs is 1. The van der Waals surface area contributed by atoms with E-state index in [2.05, 4.69) is 10.3 Å². The van der Waals surface area contributed by atoms with Crippen molar-refractivity contribution in [2.45, 2.75) is 13.8 Å². The number of carbonyl (C=O) groups is 1. The minimum absolute atomic E-state index is 0.0484. The van der Waals surface area contributed by atoms with E-state index in [4.69, 9.17) is 9.15 Å². The van der Waals surface area contributed by atoms with Crippen LogP contribution in [0.5, 0.6) is 5.75 Å². The molecule has 1 amide bonds. The van der Waals surface area contributed by atoms with Crippen LogP contribution < -0.4 is 10.1 Å². The van der Waals surface area contributed by atoms with Crippen LogP contribution in [0.4, 0.5) is 10.1 Å². The van der Waals surface area contributed by atoms with Crippen LogP contribution in [0.3, 0.4) is 0 Å². The molecular formula is C23H19FN2O3. The standard InChI is InChI=1S/C23H19FN2O3/c1-13-10-18-21(11-14(13)2)29-23(26-18)15-8-9-20(28-3)19(12-15)25-22(27)16-6-4-5-7-17(16)24/h4-12H,1-3H3,(H,25,27). The van der Waals surface area contributed by atoms with Crippen molar-refractivity contribution in [2.75, 3.05) is 12.4 Å². The Balaban J connectivity index is 1.72. The minimum Gasteiger partial charge on any atom is -0.495 e. The van der Waals surface area contributed by atoms with Gasteiger partial charge in [0.2, 0.25) is 5.89 Å². The first-order valence-electron chi connectivity index (χ1n) is 9.08. The molecule has 0 saturated heterocycles. The number of carbonyl (C=O) groups excluding carboxylic acids is 1. The van der Waals surface area contributed by atoms with Crippen LogP contribution in [0.1, 0.15) is 21.5 Å². The van der Waals surface area contributed by atoms with Crippen molar-refractivity contribution in [2.24, 2.45) is 0 Å². The predicted molar refractivity (Wildman–Crippen MR) is 110 cm³/mol. The zero-order chi connectivity index (χ0) is 20.5. The van der Waals surface area contributed by atoms with Gasteiger partial charge in [0.15, 0.2) is 5.58 Å². The lowest BCUT2D eigenvalue weighted by molar-refractivity contribution is 0.102. The van der Waals surface area contributed by atoms with Crippen molar-refractivity contribution in [3.8, 4) is 17.2 Å². The van der Waals surface area contributed by atoms with Crippen molar-refractivity contribution >= 4 is 22.7 Å². The zero-order valence-electron chi connectivity index (χ0n) is 16.2. The Kier molecular flexibility index (Phi) is 4.76. The van der Waals surface area contributed by atoms with E-state index in [-0.39, 0.29) is 5.56 Å². The largest absolute Gasteiger partial charge is 0.495 e. The van der Waals surface area contributed by atoms with Crippen molar-refractivity contribution in [3.05, 3.63) is 77.1 Å². The van der Waals surface area contributed by atoms with Gasteiger partial charge in [0, 0.05) is 5.56 Å². The number of amides is 1. The van der Waals surface area contributed by atoms with Crippen LogP contribution in [0, 0.1) is 19.7 Å². The number of hydrogen-bond acceptors (Lipinski definition) is 4. The fourth-order valence-electron chi connectivity index (χ4n) is 3.08. The van der Waals surface area contributed by atoms with Gasteiger partial charge in [-0.05, 0) is 67.4 Å². The number of aryl methyl sites for hydroxylation is 2. The third-order valence-electron chi connectivity index (χ3n) is 4.82. The van der Waals surface area contributed by atoms with Gasteiger partial charge in [0.25, 0.3) is 5.91 Å². The summed E-state index contributed by atoms with van der Waals surface area (Å²) in [5.74, 6) is -0.289. The van der Waals surface area contributed by atoms with Gasteiger partial charge in [0.1, 0.15) is 17.1 Å². The number of rotatable bonds is 4. The Bertz CT molecular complexity index is 1190. The molecule has 0 bridgehead atoms. The fraction of sp³-hybridized carbons (Fsp3) is 0.130. The number of ether oxygens (including phenoxy) is 1. The van der Waals surface area contributed by atoms with E-state index >= 15 is 0 Å². The molecule has 29 heavy (non-hydrogen) atoms. The lowest BCUT2D eigenvalue weighted by Crippen LogP contribution is -2.14. The molecule has 1 aromatic heterocycles. The summed E-state index contributed by atoms with van der Waals surface area (Å²) in [5.41, 5.74) is 4.71. The second kappa shape index (κ2) is 7.39. The number of aromatic nitrogens is 1. The van der Waals surface area contributed by atoms with Gasteiger partial charge in [-0.15, -0.1) is 0 Å². The molecule has 0 aliphatic carbocycles. The molecule has 0 atom stereocenters. The molecule has 6 heteroatoms. The number of nitrogens with one attached hydrogen (secondary N) is 1. The Hall–Kier alpha value is -3.67. The number of halogens is 1. The van der Waals surface area contributed by atoms with Gasteiger partial charge in [-0.1, -0.05) is 12.1 Å². The summed E-state index contributed by atoms with van der Waals surface area (Å²) in [5, 5.41) is 2.71. The van der Waals surface area contributed by atoms with E-state index in [1.165, 1.54) is 25.3 Å². The maximum Gasteiger partial charge on any atom is 0.258 e. The highest BCUT2D eigenvalue weighted by molar-refractivity contribution is 6.05. The first-order chi connectivity index (χ1) is 14.0. The van der Waals surface area contributed by atoms with Crippen LogP contribution >= 0.6 is 0 Å². The molecule has 4 aromatic rings. The average Bonchev–Trinajstić information content (AvgIpc) is 3.11. The van der Waals surface area contributed by atoms with Crippen molar-refractivity contribution in [3.63, 3.8) is 0 Å². The lowest BCUT2D eigenvalue weighted by atomic mass is 10.1. The highest BCUT2D eigenvalue weighted by atomic mass is 19.1. The van der Waals surface area contributed by atoms with Gasteiger partial charge >= 0.3 is 0 Å². The molecule has 0 spiro atoms. The third kappa shape index (κ3) is 3.57. The van der Waals surface area contributed by atoms with Crippen molar-refractivity contribution in [1.29, 1.82) is 0 Å². The summed E-state index contributed by atoms with van der Waals surface area (Å²) in [7, 11) is 1.50. The van der Waals surface area contributed by atoms with E-state index < -0.39 is 11.7 Å². The summed E-state index contributed by atoms with van der Waals surface area (Å²) >= 11 is 0. The van der Waals surface area contributed by atoms with E-state index in [1.54, 1.807) is 24.3 Å². The third-order valence-corrected chi connectivity index (χ3v) is 4.82. The molecular weight excluding hydrogens is 371 g/mol. The topological polar surface area (TPSA) is 64.4 Å². The maximum atomic E-state index is 13.9. The Morgan fingerprint density at radius 2 is 1.83 bits per heavy atom. The monoisotopic (exact) mass is 390 g/mol. The molecule has 0 saturated carbocycles. The van der Waals surface area contributed by atoms with E-state index in [1.807, 2.05) is 26.0 Å². The summed E-state index contributed by atoms with van der Waals surface area (Å²) in [6, 6.07) is 14.9. The molecule has 5 nitrogen and oxygen atoms in total. The van der Waals surface area contributed by atoms with Crippen LogP contribution in [-0.2, 0) is 0 Å². The van der Waals surface area contributed by atoms with Crippen LogP contribution in [0.25, 0.3) is 22.6 Å². The van der Waals surface area contributed by atoms with Crippen LogP contribution in [0.2, 0.25) is 0 Å². The second-order valence-electron chi connectivity index (χ2n) is 6.77. The Morgan fingerprint density at radius 3 is 2.59 bits per heavy atom. The molecule has 146 valence electrons. The molecule has 0 aliphatic heterocycles. The number of nitrogens with zero attached hydrogens (tertiary/aromatic N) is 1. The quantitative estimate of drug-likeness (QED) is 0.499. The van der Waals surface area contributed by atoms with Gasteiger partial charge < -0.3 is 14.5 Å². The maximum absolute atomic E-state index is 13.9. The van der Waals surface area contributed by atoms with Crippen LogP contribution in [-0.4, -0.2) is 18.0 Å². The fourth-order valence-corrected chi connectivity index (χ4v) is 3.08. The number of benzene rings is 3. The number of methoxy groups -OCH3 is 1. The summed E-state index contributed by atoms with van der Waals surface area (Å²) in [6.07, 6.45) is 0. The number of oxazole rings is 1. The SMILES string of the molecule is COc1ccc(-c2nc3cc(C)c(C)cc3o2)cc1NC(=O)c1ccccc1F. The summed E-state index contributed by atoms with van der Waals surface area (Å²) in [4.78, 5) is 17.1.